The number of aromatic nitrogens is 1. The number of rotatable bonds is 2. The molecule has 3 nitrogen and oxygen atoms in total. The number of hydrogen-bond acceptors (Lipinski definition) is 3. The number of alkyl halides is 3. The zero-order chi connectivity index (χ0) is 12.7. The van der Waals surface area contributed by atoms with Crippen LogP contribution in [0, 0.1) is 0 Å². The minimum Gasteiger partial charge on any atom is -0.353 e. The van der Waals surface area contributed by atoms with E-state index in [0.29, 0.717) is 18.9 Å². The largest absolute Gasteiger partial charge is 0.417 e. The smallest absolute Gasteiger partial charge is 0.353 e. The maximum absolute atomic E-state index is 12.3. The summed E-state index contributed by atoms with van der Waals surface area (Å²) in [5.74, 6) is 0.549. The highest BCUT2D eigenvalue weighted by Crippen LogP contribution is 2.31. The standard InChI is InChI=1S/C11H14F3N3/c1-2-10(15)6-17(7-10)9-4-3-8(5-16-9)11(12,13)14/h3-5H,2,6-7,15H2,1H3. The van der Waals surface area contributed by atoms with Crippen LogP contribution < -0.4 is 10.6 Å². The van der Waals surface area contributed by atoms with Crippen molar-refractivity contribution in [3.63, 3.8) is 0 Å². The van der Waals surface area contributed by atoms with Gasteiger partial charge in [0.05, 0.1) is 11.1 Å². The molecule has 0 atom stereocenters. The van der Waals surface area contributed by atoms with Crippen LogP contribution in [0.25, 0.3) is 0 Å². The molecule has 1 aliphatic heterocycles. The molecule has 1 aromatic rings. The Kier molecular flexibility index (Phi) is 2.77. The van der Waals surface area contributed by atoms with Gasteiger partial charge in [-0.05, 0) is 18.6 Å². The lowest BCUT2D eigenvalue weighted by atomic mass is 9.88. The van der Waals surface area contributed by atoms with Crippen LogP contribution >= 0.6 is 0 Å². The highest BCUT2D eigenvalue weighted by Gasteiger charge is 2.38. The Hall–Kier alpha value is -1.30. The van der Waals surface area contributed by atoms with E-state index in [1.54, 1.807) is 0 Å². The van der Waals surface area contributed by atoms with Crippen LogP contribution in [0.15, 0.2) is 18.3 Å². The zero-order valence-corrected chi connectivity index (χ0v) is 9.46. The Morgan fingerprint density at radius 3 is 2.47 bits per heavy atom. The van der Waals surface area contributed by atoms with Crippen LogP contribution in [0.3, 0.4) is 0 Å². The first-order valence-electron chi connectivity index (χ1n) is 5.41. The van der Waals surface area contributed by atoms with Crippen LogP contribution in [-0.4, -0.2) is 23.6 Å². The summed E-state index contributed by atoms with van der Waals surface area (Å²) in [5.41, 5.74) is 5.04. The van der Waals surface area contributed by atoms with E-state index < -0.39 is 11.7 Å². The first-order chi connectivity index (χ1) is 7.84. The second-order valence-electron chi connectivity index (χ2n) is 4.47. The lowest BCUT2D eigenvalue weighted by molar-refractivity contribution is -0.137. The van der Waals surface area contributed by atoms with E-state index in [4.69, 9.17) is 5.73 Å². The van der Waals surface area contributed by atoms with Gasteiger partial charge in [0.25, 0.3) is 0 Å². The molecule has 0 aliphatic carbocycles. The highest BCUT2D eigenvalue weighted by molar-refractivity contribution is 5.45. The van der Waals surface area contributed by atoms with E-state index in [0.717, 1.165) is 18.7 Å². The van der Waals surface area contributed by atoms with E-state index in [1.165, 1.54) is 6.07 Å². The molecule has 0 bridgehead atoms. The van der Waals surface area contributed by atoms with E-state index in [-0.39, 0.29) is 5.54 Å². The van der Waals surface area contributed by atoms with Crippen molar-refractivity contribution in [2.45, 2.75) is 25.1 Å². The lowest BCUT2D eigenvalue weighted by Crippen LogP contribution is -2.67. The monoisotopic (exact) mass is 245 g/mol. The van der Waals surface area contributed by atoms with Gasteiger partial charge in [0.15, 0.2) is 0 Å². The summed E-state index contributed by atoms with van der Waals surface area (Å²) < 4.78 is 37.0. The number of nitrogens with zero attached hydrogens (tertiary/aromatic N) is 2. The minimum atomic E-state index is -4.33. The molecule has 0 radical (unpaired) electrons. The fraction of sp³-hybridized carbons (Fsp3) is 0.545. The second kappa shape index (κ2) is 3.87. The average Bonchev–Trinajstić information content (AvgIpc) is 2.24. The molecule has 94 valence electrons. The summed E-state index contributed by atoms with van der Waals surface area (Å²) in [5, 5.41) is 0. The fourth-order valence-electron chi connectivity index (χ4n) is 1.84. The normalized spacial score (nSPS) is 19.0. The molecular formula is C11H14F3N3. The maximum Gasteiger partial charge on any atom is 0.417 e. The Balaban J connectivity index is 2.06. The molecule has 0 spiro atoms. The first kappa shape index (κ1) is 12.2. The number of anilines is 1. The molecule has 2 rings (SSSR count). The quantitative estimate of drug-likeness (QED) is 0.866. The van der Waals surface area contributed by atoms with Gasteiger partial charge in [-0.2, -0.15) is 13.2 Å². The van der Waals surface area contributed by atoms with Crippen LogP contribution in [0.5, 0.6) is 0 Å². The Labute approximate surface area is 97.4 Å². The number of halogens is 3. The summed E-state index contributed by atoms with van der Waals surface area (Å²) in [6.45, 7) is 3.28. The van der Waals surface area contributed by atoms with Gasteiger partial charge >= 0.3 is 6.18 Å². The van der Waals surface area contributed by atoms with E-state index >= 15 is 0 Å². The van der Waals surface area contributed by atoms with Crippen molar-refractivity contribution in [1.82, 2.24) is 4.98 Å². The van der Waals surface area contributed by atoms with Gasteiger partial charge in [-0.1, -0.05) is 6.92 Å². The number of hydrogen-bond donors (Lipinski definition) is 1. The summed E-state index contributed by atoms with van der Waals surface area (Å²) in [6.07, 6.45) is -2.62. The third-order valence-corrected chi connectivity index (χ3v) is 3.11. The highest BCUT2D eigenvalue weighted by atomic mass is 19.4. The number of pyridine rings is 1. The third-order valence-electron chi connectivity index (χ3n) is 3.11. The molecule has 0 aromatic carbocycles. The summed E-state index contributed by atoms with van der Waals surface area (Å²) in [6, 6.07) is 2.43. The van der Waals surface area contributed by atoms with Crippen LogP contribution in [0.2, 0.25) is 0 Å². The number of nitrogens with two attached hydrogens (primary N) is 1. The van der Waals surface area contributed by atoms with Crippen molar-refractivity contribution in [1.29, 1.82) is 0 Å². The molecule has 0 saturated carbocycles. The van der Waals surface area contributed by atoms with Gasteiger partial charge < -0.3 is 10.6 Å². The molecule has 0 amide bonds. The first-order valence-corrected chi connectivity index (χ1v) is 5.41. The molecule has 0 unspecified atom stereocenters. The van der Waals surface area contributed by atoms with E-state index in [1.807, 2.05) is 11.8 Å². The summed E-state index contributed by atoms with van der Waals surface area (Å²) in [7, 11) is 0. The Morgan fingerprint density at radius 2 is 2.06 bits per heavy atom. The van der Waals surface area contributed by atoms with Gasteiger partial charge in [0.2, 0.25) is 0 Å². The fourth-order valence-corrected chi connectivity index (χ4v) is 1.84. The Morgan fingerprint density at radius 1 is 1.41 bits per heavy atom. The summed E-state index contributed by atoms with van der Waals surface area (Å²) in [4.78, 5) is 5.70. The van der Waals surface area contributed by atoms with Crippen molar-refractivity contribution in [3.8, 4) is 0 Å². The van der Waals surface area contributed by atoms with E-state index in [9.17, 15) is 13.2 Å². The van der Waals surface area contributed by atoms with Crippen LogP contribution in [0.4, 0.5) is 19.0 Å². The van der Waals surface area contributed by atoms with Gasteiger partial charge in [-0.15, -0.1) is 0 Å². The van der Waals surface area contributed by atoms with E-state index in [2.05, 4.69) is 4.98 Å². The molecular weight excluding hydrogens is 231 g/mol. The predicted octanol–water partition coefficient (Wildman–Crippen LogP) is 2.03. The van der Waals surface area contributed by atoms with Crippen LogP contribution in [-0.2, 0) is 6.18 Å². The van der Waals surface area contributed by atoms with Crippen molar-refractivity contribution in [2.24, 2.45) is 5.73 Å². The zero-order valence-electron chi connectivity index (χ0n) is 9.46. The average molecular weight is 245 g/mol. The molecule has 2 heterocycles. The van der Waals surface area contributed by atoms with Crippen LogP contribution in [0.1, 0.15) is 18.9 Å². The third kappa shape index (κ3) is 2.36. The van der Waals surface area contributed by atoms with Crippen molar-refractivity contribution in [3.05, 3.63) is 23.9 Å². The van der Waals surface area contributed by atoms with Crippen molar-refractivity contribution in [2.75, 3.05) is 18.0 Å². The second-order valence-corrected chi connectivity index (χ2v) is 4.47. The van der Waals surface area contributed by atoms with Crippen molar-refractivity contribution < 1.29 is 13.2 Å². The lowest BCUT2D eigenvalue weighted by Gasteiger charge is -2.48. The molecule has 1 fully saturated rings. The van der Waals surface area contributed by atoms with Gasteiger partial charge in [-0.3, -0.25) is 0 Å². The topological polar surface area (TPSA) is 42.1 Å². The molecule has 1 aromatic heterocycles. The van der Waals surface area contributed by atoms with Gasteiger partial charge in [0, 0.05) is 19.3 Å². The molecule has 1 saturated heterocycles. The minimum absolute atomic E-state index is 0.218. The molecule has 17 heavy (non-hydrogen) atoms. The Bertz CT molecular complexity index is 393. The molecule has 2 N–H and O–H groups in total. The van der Waals surface area contributed by atoms with Gasteiger partial charge in [0.1, 0.15) is 5.82 Å². The maximum atomic E-state index is 12.3. The van der Waals surface area contributed by atoms with Gasteiger partial charge in [-0.25, -0.2) is 4.98 Å². The SMILES string of the molecule is CCC1(N)CN(c2ccc(C(F)(F)F)cn2)C1. The van der Waals surface area contributed by atoms with Crippen molar-refractivity contribution >= 4 is 5.82 Å². The predicted molar refractivity (Wildman–Crippen MR) is 58.7 cm³/mol. The summed E-state index contributed by atoms with van der Waals surface area (Å²) >= 11 is 0. The molecule has 1 aliphatic rings. The molecule has 6 heteroatoms.